The molecule has 0 fully saturated rings. The van der Waals surface area contributed by atoms with E-state index in [1.165, 1.54) is 32.0 Å². The molecule has 3 amide bonds. The highest BCUT2D eigenvalue weighted by atomic mass is 35.5. The lowest BCUT2D eigenvalue weighted by molar-refractivity contribution is -0.124. The predicted octanol–water partition coefficient (Wildman–Crippen LogP) is 3.90. The molecule has 0 aliphatic heterocycles. The number of benzene rings is 2. The van der Waals surface area contributed by atoms with E-state index in [-0.39, 0.29) is 5.02 Å². The number of hydrogen-bond donors (Lipinski definition) is 4. The third-order valence-corrected chi connectivity index (χ3v) is 5.13. The van der Waals surface area contributed by atoms with Gasteiger partial charge >= 0.3 is 6.03 Å². The van der Waals surface area contributed by atoms with E-state index in [1.54, 1.807) is 24.3 Å². The van der Waals surface area contributed by atoms with Gasteiger partial charge in [-0.2, -0.15) is 0 Å². The summed E-state index contributed by atoms with van der Waals surface area (Å²) in [7, 11) is -1.61. The van der Waals surface area contributed by atoms with Crippen molar-refractivity contribution >= 4 is 51.6 Å². The maximum atomic E-state index is 12.9. The molecule has 0 aliphatic carbocycles. The smallest absolute Gasteiger partial charge is 0.316 e. The Morgan fingerprint density at radius 3 is 2.25 bits per heavy atom. The van der Waals surface area contributed by atoms with Gasteiger partial charge in [0.25, 0.3) is 0 Å². The highest BCUT2D eigenvalue weighted by Crippen LogP contribution is 2.25. The zero-order valence-corrected chi connectivity index (χ0v) is 16.8. The fourth-order valence-corrected chi connectivity index (χ4v) is 3.17. The van der Waals surface area contributed by atoms with Crippen LogP contribution in [0, 0.1) is 5.41 Å². The molecular formula is C18H20ClFN4O3S. The van der Waals surface area contributed by atoms with Gasteiger partial charge in [0.2, 0.25) is 5.91 Å². The van der Waals surface area contributed by atoms with Gasteiger partial charge in [-0.3, -0.25) is 4.79 Å². The van der Waals surface area contributed by atoms with E-state index in [2.05, 4.69) is 15.4 Å². The first-order valence-corrected chi connectivity index (χ1v) is 9.67. The predicted molar refractivity (Wildman–Crippen MR) is 110 cm³/mol. The molecule has 10 heteroatoms. The first-order valence-electron chi connectivity index (χ1n) is 8.14. The molecule has 1 atom stereocenters. The fourth-order valence-electron chi connectivity index (χ4n) is 1.99. The maximum Gasteiger partial charge on any atom is 0.316 e. The number of nitrogens with two attached hydrogens (primary N) is 1. The van der Waals surface area contributed by atoms with Crippen molar-refractivity contribution in [1.82, 2.24) is 0 Å². The summed E-state index contributed by atoms with van der Waals surface area (Å²) in [5.74, 6) is -0.432. The average molecular weight is 427 g/mol. The fraction of sp³-hybridized carbons (Fsp3) is 0.222. The summed E-state index contributed by atoms with van der Waals surface area (Å²) in [6.45, 7) is 2.25. The molecule has 5 N–H and O–H groups in total. The van der Waals surface area contributed by atoms with Crippen molar-refractivity contribution in [2.75, 3.05) is 22.0 Å². The quantitative estimate of drug-likeness (QED) is 0.538. The topological polar surface area (TPSA) is 113 Å². The SMILES string of the molecule is CC(C)(CF)C(=O)Nc1ccc(NS(=O)c2ccc(NC(N)=O)c(Cl)c2)cc1. The van der Waals surface area contributed by atoms with Crippen LogP contribution in [0.1, 0.15) is 13.8 Å². The van der Waals surface area contributed by atoms with Crippen molar-refractivity contribution in [3.05, 3.63) is 47.5 Å². The zero-order chi connectivity index (χ0) is 20.9. The van der Waals surface area contributed by atoms with Crippen molar-refractivity contribution in [1.29, 1.82) is 0 Å². The minimum Gasteiger partial charge on any atom is -0.351 e. The number of alkyl halides is 1. The first kappa shape index (κ1) is 21.6. The van der Waals surface area contributed by atoms with Crippen LogP contribution in [-0.4, -0.2) is 22.8 Å². The number of primary amides is 1. The number of halogens is 2. The lowest BCUT2D eigenvalue weighted by atomic mass is 9.94. The third kappa shape index (κ3) is 5.67. The molecule has 28 heavy (non-hydrogen) atoms. The van der Waals surface area contributed by atoms with E-state index in [1.807, 2.05) is 0 Å². The van der Waals surface area contributed by atoms with Gasteiger partial charge in [-0.25, -0.2) is 13.4 Å². The summed E-state index contributed by atoms with van der Waals surface area (Å²) in [4.78, 5) is 23.3. The van der Waals surface area contributed by atoms with E-state index in [9.17, 15) is 18.2 Å². The number of carbonyl (C=O) groups excluding carboxylic acids is 2. The molecule has 0 radical (unpaired) electrons. The van der Waals surface area contributed by atoms with Gasteiger partial charge in [0.05, 0.1) is 21.0 Å². The van der Waals surface area contributed by atoms with Crippen LogP contribution < -0.4 is 21.1 Å². The number of amides is 3. The average Bonchev–Trinajstić information content (AvgIpc) is 2.64. The lowest BCUT2D eigenvalue weighted by Gasteiger charge is -2.19. The Morgan fingerprint density at radius 2 is 1.71 bits per heavy atom. The molecule has 0 spiro atoms. The van der Waals surface area contributed by atoms with Crippen molar-refractivity contribution < 1.29 is 18.2 Å². The van der Waals surface area contributed by atoms with Crippen LogP contribution in [0.5, 0.6) is 0 Å². The molecule has 0 saturated heterocycles. The van der Waals surface area contributed by atoms with Crippen LogP contribution in [0.3, 0.4) is 0 Å². The van der Waals surface area contributed by atoms with Gasteiger partial charge in [-0.05, 0) is 56.3 Å². The van der Waals surface area contributed by atoms with Crippen molar-refractivity contribution in [2.24, 2.45) is 11.1 Å². The lowest BCUT2D eigenvalue weighted by Crippen LogP contribution is -2.32. The molecule has 2 rings (SSSR count). The summed E-state index contributed by atoms with van der Waals surface area (Å²) in [5, 5.41) is 5.18. The van der Waals surface area contributed by atoms with Crippen LogP contribution in [0.25, 0.3) is 0 Å². The highest BCUT2D eigenvalue weighted by Gasteiger charge is 2.27. The number of hydrogen-bond acceptors (Lipinski definition) is 3. The zero-order valence-electron chi connectivity index (χ0n) is 15.2. The molecule has 7 nitrogen and oxygen atoms in total. The molecule has 2 aromatic rings. The van der Waals surface area contributed by atoms with E-state index in [4.69, 9.17) is 17.3 Å². The van der Waals surface area contributed by atoms with Crippen molar-refractivity contribution in [3.63, 3.8) is 0 Å². The number of urea groups is 1. The second-order valence-electron chi connectivity index (χ2n) is 6.55. The Labute approximate surface area is 169 Å². The Balaban J connectivity index is 2.04. The molecule has 0 aromatic heterocycles. The molecule has 0 bridgehead atoms. The second-order valence-corrected chi connectivity index (χ2v) is 8.17. The van der Waals surface area contributed by atoms with E-state index in [0.29, 0.717) is 22.0 Å². The number of carbonyl (C=O) groups is 2. The Bertz CT molecular complexity index is 906. The van der Waals surface area contributed by atoms with Gasteiger partial charge in [0.1, 0.15) is 17.7 Å². The Hall–Kier alpha value is -2.65. The summed E-state index contributed by atoms with van der Waals surface area (Å²) in [6, 6.07) is 10.2. The van der Waals surface area contributed by atoms with E-state index < -0.39 is 35.0 Å². The summed E-state index contributed by atoms with van der Waals surface area (Å²) < 4.78 is 28.1. The standard InChI is InChI=1S/C18H20ClFN4O3S/c1-18(2,10-20)16(25)22-11-3-5-12(6-4-11)24-28(27)13-7-8-15(14(19)9-13)23-17(21)26/h3-9,24H,10H2,1-2H3,(H,22,25)(H3,21,23,26). The van der Waals surface area contributed by atoms with Gasteiger partial charge in [-0.15, -0.1) is 0 Å². The van der Waals surface area contributed by atoms with E-state index in [0.717, 1.165) is 0 Å². The third-order valence-electron chi connectivity index (χ3n) is 3.71. The number of anilines is 3. The van der Waals surface area contributed by atoms with Crippen LogP contribution in [0.4, 0.5) is 26.2 Å². The molecule has 0 aliphatic rings. The maximum absolute atomic E-state index is 12.9. The minimum atomic E-state index is -1.61. The molecule has 1 unspecified atom stereocenters. The van der Waals surface area contributed by atoms with Crippen molar-refractivity contribution in [3.8, 4) is 0 Å². The van der Waals surface area contributed by atoms with Crippen LogP contribution in [0.15, 0.2) is 47.4 Å². The Morgan fingerprint density at radius 1 is 1.11 bits per heavy atom. The van der Waals surface area contributed by atoms with Gasteiger partial charge in [0.15, 0.2) is 0 Å². The van der Waals surface area contributed by atoms with Crippen molar-refractivity contribution in [2.45, 2.75) is 18.7 Å². The molecular weight excluding hydrogens is 407 g/mol. The summed E-state index contributed by atoms with van der Waals surface area (Å²) in [6.07, 6.45) is 0. The largest absolute Gasteiger partial charge is 0.351 e. The monoisotopic (exact) mass is 426 g/mol. The highest BCUT2D eigenvalue weighted by molar-refractivity contribution is 7.86. The van der Waals surface area contributed by atoms with E-state index >= 15 is 0 Å². The molecule has 0 heterocycles. The summed E-state index contributed by atoms with van der Waals surface area (Å²) in [5.41, 5.74) is 5.27. The minimum absolute atomic E-state index is 0.194. The first-order chi connectivity index (χ1) is 13.1. The number of rotatable bonds is 7. The van der Waals surface area contributed by atoms with Crippen LogP contribution >= 0.6 is 11.6 Å². The molecule has 0 saturated carbocycles. The number of nitrogens with one attached hydrogen (secondary N) is 3. The Kier molecular flexibility index (Phi) is 6.98. The normalized spacial score (nSPS) is 12.1. The van der Waals surface area contributed by atoms with Crippen LogP contribution in [-0.2, 0) is 15.8 Å². The van der Waals surface area contributed by atoms with Crippen LogP contribution in [0.2, 0.25) is 5.02 Å². The second kappa shape index (κ2) is 9.03. The van der Waals surface area contributed by atoms with Gasteiger partial charge in [-0.1, -0.05) is 11.6 Å². The van der Waals surface area contributed by atoms with Gasteiger partial charge in [0, 0.05) is 11.4 Å². The molecule has 150 valence electrons. The summed E-state index contributed by atoms with van der Waals surface area (Å²) >= 11 is 6.04. The van der Waals surface area contributed by atoms with Gasteiger partial charge < -0.3 is 21.1 Å². The molecule has 2 aromatic carbocycles.